The van der Waals surface area contributed by atoms with Gasteiger partial charge in [0.05, 0.1) is 5.56 Å². The molecule has 2 rings (SSSR count). The van der Waals surface area contributed by atoms with Crippen molar-refractivity contribution >= 4 is 0 Å². The third-order valence-corrected chi connectivity index (χ3v) is 3.59. The zero-order valence-corrected chi connectivity index (χ0v) is 12.3. The van der Waals surface area contributed by atoms with Crippen LogP contribution in [0.3, 0.4) is 0 Å². The molecule has 0 aliphatic rings. The van der Waals surface area contributed by atoms with Crippen LogP contribution in [0.4, 0.5) is 17.6 Å². The summed E-state index contributed by atoms with van der Waals surface area (Å²) in [5.41, 5.74) is 0.316. The van der Waals surface area contributed by atoms with Gasteiger partial charge in [-0.15, -0.1) is 0 Å². The predicted octanol–water partition coefficient (Wildman–Crippen LogP) is 5.26. The maximum Gasteiger partial charge on any atom is 0.416 e. The van der Waals surface area contributed by atoms with Crippen LogP contribution in [0.15, 0.2) is 48.5 Å². The minimum atomic E-state index is -4.37. The fourth-order valence-electron chi connectivity index (χ4n) is 2.37. The van der Waals surface area contributed by atoms with Crippen molar-refractivity contribution in [3.63, 3.8) is 0 Å². The second kappa shape index (κ2) is 6.48. The molecule has 2 unspecified atom stereocenters. The second-order valence-electron chi connectivity index (χ2n) is 5.25. The Labute approximate surface area is 127 Å². The topological polar surface area (TPSA) is 12.0 Å². The Kier molecular flexibility index (Phi) is 4.86. The highest BCUT2D eigenvalue weighted by atomic mass is 19.4. The van der Waals surface area contributed by atoms with Crippen molar-refractivity contribution in [3.8, 4) is 0 Å². The SMILES string of the molecule is CC(NC(C)c1ccccc1F)c1cccc(C(F)(F)F)c1. The van der Waals surface area contributed by atoms with E-state index in [-0.39, 0.29) is 17.9 Å². The predicted molar refractivity (Wildman–Crippen MR) is 77.8 cm³/mol. The summed E-state index contributed by atoms with van der Waals surface area (Å²) in [6, 6.07) is 10.9. The minimum Gasteiger partial charge on any atom is -0.304 e. The van der Waals surface area contributed by atoms with Crippen molar-refractivity contribution in [1.82, 2.24) is 5.32 Å². The van der Waals surface area contributed by atoms with E-state index in [9.17, 15) is 17.6 Å². The van der Waals surface area contributed by atoms with Gasteiger partial charge in [-0.1, -0.05) is 30.3 Å². The van der Waals surface area contributed by atoms with Crippen LogP contribution in [0, 0.1) is 5.82 Å². The Morgan fingerprint density at radius 3 is 2.23 bits per heavy atom. The highest BCUT2D eigenvalue weighted by molar-refractivity contribution is 5.28. The second-order valence-corrected chi connectivity index (χ2v) is 5.25. The van der Waals surface area contributed by atoms with Crippen LogP contribution in [-0.4, -0.2) is 0 Å². The van der Waals surface area contributed by atoms with Crippen LogP contribution in [0.1, 0.15) is 42.6 Å². The molecular weight excluding hydrogens is 294 g/mol. The molecule has 0 saturated carbocycles. The number of nitrogens with one attached hydrogen (secondary N) is 1. The lowest BCUT2D eigenvalue weighted by molar-refractivity contribution is -0.137. The number of hydrogen-bond acceptors (Lipinski definition) is 1. The van der Waals surface area contributed by atoms with Crippen molar-refractivity contribution in [2.24, 2.45) is 0 Å². The zero-order chi connectivity index (χ0) is 16.3. The van der Waals surface area contributed by atoms with Crippen LogP contribution in [-0.2, 0) is 6.18 Å². The van der Waals surface area contributed by atoms with Crippen LogP contribution in [0.5, 0.6) is 0 Å². The third-order valence-electron chi connectivity index (χ3n) is 3.59. The average Bonchev–Trinajstić information content (AvgIpc) is 2.46. The quantitative estimate of drug-likeness (QED) is 0.760. The van der Waals surface area contributed by atoms with E-state index in [0.29, 0.717) is 11.1 Å². The fourth-order valence-corrected chi connectivity index (χ4v) is 2.37. The highest BCUT2D eigenvalue weighted by Crippen LogP contribution is 2.31. The van der Waals surface area contributed by atoms with E-state index in [0.717, 1.165) is 12.1 Å². The van der Waals surface area contributed by atoms with Crippen LogP contribution in [0.2, 0.25) is 0 Å². The van der Waals surface area contributed by atoms with E-state index in [1.54, 1.807) is 38.1 Å². The third kappa shape index (κ3) is 3.85. The summed E-state index contributed by atoms with van der Waals surface area (Å²) in [4.78, 5) is 0. The first-order valence-corrected chi connectivity index (χ1v) is 6.96. The molecule has 118 valence electrons. The van der Waals surface area contributed by atoms with Gasteiger partial charge in [0.2, 0.25) is 0 Å². The molecule has 0 bridgehead atoms. The molecule has 2 atom stereocenters. The summed E-state index contributed by atoms with van der Waals surface area (Å²) in [6.45, 7) is 3.54. The Morgan fingerprint density at radius 1 is 0.909 bits per heavy atom. The first kappa shape index (κ1) is 16.5. The lowest BCUT2D eigenvalue weighted by Gasteiger charge is -2.22. The van der Waals surface area contributed by atoms with E-state index in [2.05, 4.69) is 5.32 Å². The first-order chi connectivity index (χ1) is 10.3. The Balaban J connectivity index is 2.16. The summed E-state index contributed by atoms with van der Waals surface area (Å²) in [7, 11) is 0. The van der Waals surface area contributed by atoms with Crippen molar-refractivity contribution < 1.29 is 17.6 Å². The highest BCUT2D eigenvalue weighted by Gasteiger charge is 2.30. The summed E-state index contributed by atoms with van der Waals surface area (Å²) >= 11 is 0. The summed E-state index contributed by atoms with van der Waals surface area (Å²) < 4.78 is 51.9. The molecule has 1 N–H and O–H groups in total. The number of alkyl halides is 3. The Morgan fingerprint density at radius 2 is 1.59 bits per heavy atom. The number of hydrogen-bond donors (Lipinski definition) is 1. The van der Waals surface area contributed by atoms with Gasteiger partial charge in [0, 0.05) is 17.6 Å². The molecule has 2 aromatic carbocycles. The first-order valence-electron chi connectivity index (χ1n) is 6.96. The van der Waals surface area contributed by atoms with Crippen molar-refractivity contribution in [2.75, 3.05) is 0 Å². The molecule has 22 heavy (non-hydrogen) atoms. The molecule has 0 radical (unpaired) electrons. The lowest BCUT2D eigenvalue weighted by atomic mass is 10.0. The van der Waals surface area contributed by atoms with E-state index in [4.69, 9.17) is 0 Å². The summed E-state index contributed by atoms with van der Waals surface area (Å²) in [6.07, 6.45) is -4.37. The monoisotopic (exact) mass is 311 g/mol. The molecule has 5 heteroatoms. The van der Waals surface area contributed by atoms with Gasteiger partial charge in [0.1, 0.15) is 5.82 Å². The Hall–Kier alpha value is -1.88. The lowest BCUT2D eigenvalue weighted by Crippen LogP contribution is -2.23. The molecule has 0 aliphatic carbocycles. The van der Waals surface area contributed by atoms with Crippen molar-refractivity contribution in [2.45, 2.75) is 32.1 Å². The van der Waals surface area contributed by atoms with Crippen LogP contribution in [0.25, 0.3) is 0 Å². The molecule has 2 aromatic rings. The van der Waals surface area contributed by atoms with Gasteiger partial charge in [0.15, 0.2) is 0 Å². The maximum absolute atomic E-state index is 13.7. The van der Waals surface area contributed by atoms with Gasteiger partial charge < -0.3 is 5.32 Å². The van der Waals surface area contributed by atoms with Gasteiger partial charge in [-0.3, -0.25) is 0 Å². The van der Waals surface area contributed by atoms with Gasteiger partial charge in [-0.05, 0) is 37.6 Å². The van der Waals surface area contributed by atoms with E-state index in [1.807, 2.05) is 0 Å². The van der Waals surface area contributed by atoms with Gasteiger partial charge in [-0.2, -0.15) is 13.2 Å². The number of rotatable bonds is 4. The molecule has 0 aliphatic heterocycles. The zero-order valence-electron chi connectivity index (χ0n) is 12.3. The normalized spacial score (nSPS) is 14.6. The average molecular weight is 311 g/mol. The Bertz CT molecular complexity index is 637. The molecule has 0 saturated heterocycles. The molecule has 0 aromatic heterocycles. The number of halogens is 4. The maximum atomic E-state index is 13.7. The fraction of sp³-hybridized carbons (Fsp3) is 0.294. The molecular formula is C17H17F4N. The van der Waals surface area contributed by atoms with Crippen LogP contribution < -0.4 is 5.32 Å². The number of benzene rings is 2. The van der Waals surface area contributed by atoms with Gasteiger partial charge in [-0.25, -0.2) is 4.39 Å². The molecule has 0 fully saturated rings. The van der Waals surface area contributed by atoms with E-state index >= 15 is 0 Å². The van der Waals surface area contributed by atoms with Gasteiger partial charge >= 0.3 is 6.18 Å². The summed E-state index contributed by atoms with van der Waals surface area (Å²) in [5.74, 6) is -0.334. The molecule has 1 nitrogen and oxygen atoms in total. The van der Waals surface area contributed by atoms with Crippen molar-refractivity contribution in [1.29, 1.82) is 0 Å². The van der Waals surface area contributed by atoms with Crippen LogP contribution >= 0.6 is 0 Å². The molecule has 0 heterocycles. The largest absolute Gasteiger partial charge is 0.416 e. The van der Waals surface area contributed by atoms with E-state index in [1.165, 1.54) is 12.1 Å². The molecule has 0 amide bonds. The minimum absolute atomic E-state index is 0.314. The summed E-state index contributed by atoms with van der Waals surface area (Å²) in [5, 5.41) is 3.12. The molecule has 0 spiro atoms. The van der Waals surface area contributed by atoms with Gasteiger partial charge in [0.25, 0.3) is 0 Å². The van der Waals surface area contributed by atoms with E-state index < -0.39 is 11.7 Å². The smallest absolute Gasteiger partial charge is 0.304 e. The van der Waals surface area contributed by atoms with Crippen molar-refractivity contribution in [3.05, 3.63) is 71.0 Å². The standard InChI is InChI=1S/C17H17F4N/c1-11(13-6-5-7-14(10-13)17(19,20)21)22-12(2)15-8-3-4-9-16(15)18/h3-12,22H,1-2H3.